The highest BCUT2D eigenvalue weighted by atomic mass is 28.4. The molecule has 4 aromatic heterocycles. The van der Waals surface area contributed by atoms with Gasteiger partial charge in [0.25, 0.3) is 0 Å². The Kier molecular flexibility index (Phi) is 7.76. The third kappa shape index (κ3) is 5.44. The van der Waals surface area contributed by atoms with Gasteiger partial charge in [-0.3, -0.25) is 9.97 Å². The summed E-state index contributed by atoms with van der Waals surface area (Å²) in [6.07, 6.45) is 7.74. The number of pyridine rings is 4. The molecule has 0 bridgehead atoms. The number of hydrogen-bond donors (Lipinski definition) is 0. The van der Waals surface area contributed by atoms with Crippen LogP contribution in [0.15, 0.2) is 110 Å². The standard InChI is InChI=1S/C30H29N4O3Si/c1-35-38(36-2,37-3)26-12-10-23(11-13-26)22-34-18-14-24(15-19-34)25-20-29(27-8-4-6-16-31-27)33-30(21-25)28-9-5-7-17-32-28/h4-21H,22H2,1-3H3/q+1. The molecule has 1 aromatic carbocycles. The van der Waals surface area contributed by atoms with Crippen LogP contribution in [0.25, 0.3) is 33.9 Å². The maximum atomic E-state index is 5.59. The topological polar surface area (TPSA) is 70.2 Å². The second-order valence-electron chi connectivity index (χ2n) is 8.68. The van der Waals surface area contributed by atoms with E-state index < -0.39 is 8.80 Å². The monoisotopic (exact) mass is 521 g/mol. The zero-order valence-electron chi connectivity index (χ0n) is 21.6. The lowest BCUT2D eigenvalue weighted by Gasteiger charge is -2.24. The molecular formula is C30H29N4O3Si+. The summed E-state index contributed by atoms with van der Waals surface area (Å²) in [5.41, 5.74) is 6.57. The Morgan fingerprint density at radius 3 is 1.66 bits per heavy atom. The van der Waals surface area contributed by atoms with Gasteiger partial charge in [0.2, 0.25) is 0 Å². The summed E-state index contributed by atoms with van der Waals surface area (Å²) in [5.74, 6) is 0. The van der Waals surface area contributed by atoms with Crippen LogP contribution in [0.2, 0.25) is 0 Å². The van der Waals surface area contributed by atoms with Gasteiger partial charge in [-0.25, -0.2) is 9.55 Å². The van der Waals surface area contributed by atoms with Gasteiger partial charge in [0.1, 0.15) is 0 Å². The van der Waals surface area contributed by atoms with Gasteiger partial charge in [0.05, 0.1) is 22.8 Å². The minimum Gasteiger partial charge on any atom is -0.373 e. The van der Waals surface area contributed by atoms with Crippen LogP contribution in [-0.4, -0.2) is 45.1 Å². The van der Waals surface area contributed by atoms with Gasteiger partial charge < -0.3 is 13.3 Å². The van der Waals surface area contributed by atoms with Crippen LogP contribution in [0.4, 0.5) is 0 Å². The fourth-order valence-corrected chi connectivity index (χ4v) is 6.15. The summed E-state index contributed by atoms with van der Waals surface area (Å²) in [5, 5.41) is 0.930. The average molecular weight is 522 g/mol. The van der Waals surface area contributed by atoms with E-state index >= 15 is 0 Å². The van der Waals surface area contributed by atoms with Crippen molar-refractivity contribution < 1.29 is 17.8 Å². The van der Waals surface area contributed by atoms with Crippen molar-refractivity contribution in [2.75, 3.05) is 21.3 Å². The number of aromatic nitrogens is 4. The molecule has 0 spiro atoms. The summed E-state index contributed by atoms with van der Waals surface area (Å²) >= 11 is 0. The second-order valence-corrected chi connectivity index (χ2v) is 11.6. The van der Waals surface area contributed by atoms with E-state index in [0.717, 1.165) is 51.2 Å². The van der Waals surface area contributed by atoms with Crippen molar-refractivity contribution in [3.63, 3.8) is 0 Å². The molecule has 0 radical (unpaired) electrons. The number of hydrogen-bond acceptors (Lipinski definition) is 6. The van der Waals surface area contributed by atoms with E-state index in [-0.39, 0.29) is 0 Å². The SMILES string of the molecule is CO[Si](OC)(OC)c1ccc(C[n+]2ccc(-c3cc(-c4ccccn4)nc(-c4ccccn4)c3)cc2)cc1. The van der Waals surface area contributed by atoms with E-state index in [0.29, 0.717) is 0 Å². The van der Waals surface area contributed by atoms with Crippen molar-refractivity contribution >= 4 is 14.0 Å². The summed E-state index contributed by atoms with van der Waals surface area (Å²) in [4.78, 5) is 13.9. The molecule has 0 atom stereocenters. The van der Waals surface area contributed by atoms with Gasteiger partial charge in [-0.2, -0.15) is 0 Å². The van der Waals surface area contributed by atoms with Crippen LogP contribution in [0, 0.1) is 0 Å². The molecule has 0 fully saturated rings. The third-order valence-electron chi connectivity index (χ3n) is 6.38. The van der Waals surface area contributed by atoms with E-state index in [1.54, 1.807) is 33.7 Å². The maximum Gasteiger partial charge on any atom is 0.536 e. The molecule has 0 aliphatic heterocycles. The summed E-state index contributed by atoms with van der Waals surface area (Å²) in [6, 6.07) is 28.3. The Morgan fingerprint density at radius 1 is 0.632 bits per heavy atom. The van der Waals surface area contributed by atoms with E-state index in [1.165, 1.54) is 0 Å². The molecule has 4 heterocycles. The quantitative estimate of drug-likeness (QED) is 0.213. The predicted octanol–water partition coefficient (Wildman–Crippen LogP) is 4.29. The van der Waals surface area contributed by atoms with E-state index in [9.17, 15) is 0 Å². The predicted molar refractivity (Wildman–Crippen MR) is 148 cm³/mol. The Labute approximate surface area is 223 Å². The molecule has 190 valence electrons. The Morgan fingerprint density at radius 2 is 1.18 bits per heavy atom. The van der Waals surface area contributed by atoms with Crippen molar-refractivity contribution in [3.05, 3.63) is 115 Å². The van der Waals surface area contributed by atoms with Gasteiger partial charge >= 0.3 is 8.80 Å². The summed E-state index contributed by atoms with van der Waals surface area (Å²) < 4.78 is 18.9. The summed E-state index contributed by atoms with van der Waals surface area (Å²) in [7, 11) is 2.02. The normalized spacial score (nSPS) is 11.4. The molecule has 38 heavy (non-hydrogen) atoms. The Bertz CT molecular complexity index is 1410. The van der Waals surface area contributed by atoms with Gasteiger partial charge in [-0.15, -0.1) is 0 Å². The molecule has 8 heteroatoms. The van der Waals surface area contributed by atoms with Gasteiger partial charge in [-0.1, -0.05) is 36.4 Å². The first-order valence-corrected chi connectivity index (χ1v) is 14.0. The molecule has 5 aromatic rings. The molecule has 0 saturated carbocycles. The second kappa shape index (κ2) is 11.5. The third-order valence-corrected chi connectivity index (χ3v) is 9.04. The molecule has 5 rings (SSSR count). The number of nitrogens with zero attached hydrogens (tertiary/aromatic N) is 4. The minimum atomic E-state index is -2.83. The first kappa shape index (κ1) is 25.6. The van der Waals surface area contributed by atoms with Crippen LogP contribution in [0.5, 0.6) is 0 Å². The minimum absolute atomic E-state index is 0.733. The molecular weight excluding hydrogens is 492 g/mol. The number of benzene rings is 1. The zero-order valence-corrected chi connectivity index (χ0v) is 22.6. The lowest BCUT2D eigenvalue weighted by molar-refractivity contribution is -0.688. The van der Waals surface area contributed by atoms with Crippen LogP contribution in [-0.2, 0) is 19.8 Å². The first-order chi connectivity index (χ1) is 18.6. The van der Waals surface area contributed by atoms with Crippen LogP contribution in [0.1, 0.15) is 5.56 Å². The highest BCUT2D eigenvalue weighted by Crippen LogP contribution is 2.28. The smallest absolute Gasteiger partial charge is 0.373 e. The molecule has 0 saturated heterocycles. The van der Waals surface area contributed by atoms with Gasteiger partial charge in [0, 0.05) is 56.6 Å². The maximum absolute atomic E-state index is 5.59. The largest absolute Gasteiger partial charge is 0.536 e. The van der Waals surface area contributed by atoms with E-state index in [2.05, 4.69) is 63.3 Å². The number of rotatable bonds is 9. The van der Waals surface area contributed by atoms with Crippen molar-refractivity contribution in [1.29, 1.82) is 0 Å². The molecule has 0 amide bonds. The van der Waals surface area contributed by atoms with Crippen molar-refractivity contribution in [2.24, 2.45) is 0 Å². The van der Waals surface area contributed by atoms with E-state index in [4.69, 9.17) is 18.3 Å². The zero-order chi connectivity index (χ0) is 26.4. The molecule has 0 aliphatic rings. The molecule has 0 N–H and O–H groups in total. The molecule has 0 aliphatic carbocycles. The van der Waals surface area contributed by atoms with Crippen LogP contribution < -0.4 is 9.75 Å². The van der Waals surface area contributed by atoms with Gasteiger partial charge in [0.15, 0.2) is 18.9 Å². The van der Waals surface area contributed by atoms with Crippen molar-refractivity contribution in [1.82, 2.24) is 15.0 Å². The molecule has 0 unspecified atom stereocenters. The highest BCUT2D eigenvalue weighted by Gasteiger charge is 2.40. The van der Waals surface area contributed by atoms with Crippen LogP contribution >= 0.6 is 0 Å². The lowest BCUT2D eigenvalue weighted by Crippen LogP contribution is -2.54. The lowest BCUT2D eigenvalue weighted by atomic mass is 10.0. The van der Waals surface area contributed by atoms with E-state index in [1.807, 2.05) is 48.5 Å². The summed E-state index contributed by atoms with van der Waals surface area (Å²) in [6.45, 7) is 0.733. The Hall–Kier alpha value is -4.08. The van der Waals surface area contributed by atoms with Gasteiger partial charge in [-0.05, 0) is 47.5 Å². The fourth-order valence-electron chi connectivity index (χ4n) is 4.37. The first-order valence-electron chi connectivity index (χ1n) is 12.2. The average Bonchev–Trinajstić information content (AvgIpc) is 3.00. The highest BCUT2D eigenvalue weighted by molar-refractivity contribution is 6.75. The van der Waals surface area contributed by atoms with Crippen molar-refractivity contribution in [3.8, 4) is 33.9 Å². The van der Waals surface area contributed by atoms with Crippen molar-refractivity contribution in [2.45, 2.75) is 6.54 Å². The Balaban J connectivity index is 1.41. The fraction of sp³-hybridized carbons (Fsp3) is 0.133. The molecule has 7 nitrogen and oxygen atoms in total. The van der Waals surface area contributed by atoms with Crippen LogP contribution in [0.3, 0.4) is 0 Å².